The maximum atomic E-state index is 13.4. The Bertz CT molecular complexity index is 493. The van der Waals surface area contributed by atoms with E-state index in [2.05, 4.69) is 5.32 Å². The summed E-state index contributed by atoms with van der Waals surface area (Å²) in [5.41, 5.74) is 0.575. The maximum Gasteiger partial charge on any atom is 0.236 e. The van der Waals surface area contributed by atoms with Crippen LogP contribution in [0.25, 0.3) is 0 Å². The lowest BCUT2D eigenvalue weighted by molar-refractivity contribution is -0.131. The highest BCUT2D eigenvalue weighted by atomic mass is 35.5. The zero-order valence-corrected chi connectivity index (χ0v) is 12.6. The summed E-state index contributed by atoms with van der Waals surface area (Å²) in [5.74, 6) is -0.514. The normalized spacial score (nSPS) is 16.8. The zero-order chi connectivity index (χ0) is 15.2. The van der Waals surface area contributed by atoms with Crippen LogP contribution in [0.2, 0.25) is 5.02 Å². The van der Waals surface area contributed by atoms with Gasteiger partial charge in [0.05, 0.1) is 24.2 Å². The predicted molar refractivity (Wildman–Crippen MR) is 79.7 cm³/mol. The first kappa shape index (κ1) is 16.2. The number of halogens is 2. The van der Waals surface area contributed by atoms with Crippen LogP contribution in [0, 0.1) is 5.82 Å². The molecule has 2 rings (SSSR count). The fourth-order valence-electron chi connectivity index (χ4n) is 2.48. The van der Waals surface area contributed by atoms with Crippen LogP contribution >= 0.6 is 11.6 Å². The van der Waals surface area contributed by atoms with E-state index in [-0.39, 0.29) is 24.1 Å². The first-order chi connectivity index (χ1) is 10.1. The molecule has 2 N–H and O–H groups in total. The Morgan fingerprint density at radius 3 is 2.71 bits per heavy atom. The summed E-state index contributed by atoms with van der Waals surface area (Å²) in [6.45, 7) is 1.50. The van der Waals surface area contributed by atoms with Crippen molar-refractivity contribution in [1.82, 2.24) is 10.2 Å². The van der Waals surface area contributed by atoms with E-state index in [0.717, 1.165) is 25.9 Å². The van der Waals surface area contributed by atoms with Gasteiger partial charge in [-0.3, -0.25) is 10.1 Å². The second-order valence-corrected chi connectivity index (χ2v) is 5.64. The molecule has 0 aromatic heterocycles. The molecule has 1 saturated heterocycles. The number of hydrogen-bond donors (Lipinski definition) is 2. The highest BCUT2D eigenvalue weighted by molar-refractivity contribution is 6.30. The highest BCUT2D eigenvalue weighted by Crippen LogP contribution is 2.20. The van der Waals surface area contributed by atoms with Crippen molar-refractivity contribution in [2.24, 2.45) is 0 Å². The molecule has 1 aliphatic rings. The number of piperidine rings is 1. The molecule has 0 radical (unpaired) electrons. The lowest BCUT2D eigenvalue weighted by Crippen LogP contribution is -2.42. The molecule has 21 heavy (non-hydrogen) atoms. The molecule has 1 unspecified atom stereocenters. The summed E-state index contributed by atoms with van der Waals surface area (Å²) < 4.78 is 13.4. The first-order valence-electron chi connectivity index (χ1n) is 7.19. The molecule has 1 aromatic carbocycles. The molecule has 6 heteroatoms. The summed E-state index contributed by atoms with van der Waals surface area (Å²) >= 11 is 5.64. The fraction of sp³-hybridized carbons (Fsp3) is 0.533. The molecule has 1 fully saturated rings. The topological polar surface area (TPSA) is 52.6 Å². The van der Waals surface area contributed by atoms with Gasteiger partial charge in [0.25, 0.3) is 0 Å². The number of hydrogen-bond acceptors (Lipinski definition) is 3. The predicted octanol–water partition coefficient (Wildman–Crippen LogP) is 2.11. The largest absolute Gasteiger partial charge is 0.394 e. The van der Waals surface area contributed by atoms with Gasteiger partial charge in [-0.05, 0) is 37.0 Å². The van der Waals surface area contributed by atoms with E-state index in [4.69, 9.17) is 11.6 Å². The van der Waals surface area contributed by atoms with Crippen molar-refractivity contribution in [1.29, 1.82) is 0 Å². The number of carbonyl (C=O) groups excluding carboxylic acids is 1. The van der Waals surface area contributed by atoms with Crippen LogP contribution in [0.4, 0.5) is 4.39 Å². The van der Waals surface area contributed by atoms with Crippen molar-refractivity contribution in [2.45, 2.75) is 25.3 Å². The molecule has 4 nitrogen and oxygen atoms in total. The van der Waals surface area contributed by atoms with Crippen LogP contribution in [-0.4, -0.2) is 42.2 Å². The minimum atomic E-state index is -0.531. The Kier molecular flexibility index (Phi) is 5.96. The first-order valence-corrected chi connectivity index (χ1v) is 7.56. The summed E-state index contributed by atoms with van der Waals surface area (Å²) in [5, 5.41) is 12.4. The SMILES string of the molecule is O=C(CNC(CO)c1ccc(Cl)c(F)c1)N1CCCCC1. The summed E-state index contributed by atoms with van der Waals surface area (Å²) in [6, 6.07) is 3.89. The Labute approximate surface area is 128 Å². The minimum Gasteiger partial charge on any atom is -0.394 e. The molecule has 0 saturated carbocycles. The molecule has 0 spiro atoms. The Hall–Kier alpha value is -1.17. The van der Waals surface area contributed by atoms with Crippen LogP contribution in [0.5, 0.6) is 0 Å². The second-order valence-electron chi connectivity index (χ2n) is 5.23. The molecular formula is C15H20ClFN2O2. The summed E-state index contributed by atoms with van der Waals surface area (Å²) in [6.07, 6.45) is 3.25. The number of aliphatic hydroxyl groups excluding tert-OH is 1. The van der Waals surface area contributed by atoms with Crippen LogP contribution < -0.4 is 5.32 Å². The van der Waals surface area contributed by atoms with Gasteiger partial charge in [0, 0.05) is 13.1 Å². The van der Waals surface area contributed by atoms with Crippen molar-refractivity contribution in [3.8, 4) is 0 Å². The van der Waals surface area contributed by atoms with E-state index in [1.54, 1.807) is 6.07 Å². The molecule has 116 valence electrons. The summed E-state index contributed by atoms with van der Waals surface area (Å²) in [4.78, 5) is 13.9. The van der Waals surface area contributed by atoms with Crippen LogP contribution in [0.3, 0.4) is 0 Å². The molecule has 1 aliphatic heterocycles. The Morgan fingerprint density at radius 1 is 1.38 bits per heavy atom. The quantitative estimate of drug-likeness (QED) is 0.875. The smallest absolute Gasteiger partial charge is 0.236 e. The van der Waals surface area contributed by atoms with E-state index < -0.39 is 11.9 Å². The number of aliphatic hydroxyl groups is 1. The van der Waals surface area contributed by atoms with Crippen LogP contribution in [0.15, 0.2) is 18.2 Å². The zero-order valence-electron chi connectivity index (χ0n) is 11.8. The molecule has 0 aliphatic carbocycles. The van der Waals surface area contributed by atoms with E-state index in [0.29, 0.717) is 5.56 Å². The van der Waals surface area contributed by atoms with Gasteiger partial charge in [-0.15, -0.1) is 0 Å². The third-order valence-electron chi connectivity index (χ3n) is 3.74. The van der Waals surface area contributed by atoms with Gasteiger partial charge in [-0.25, -0.2) is 4.39 Å². The molecular weight excluding hydrogens is 295 g/mol. The number of benzene rings is 1. The number of amides is 1. The second kappa shape index (κ2) is 7.73. The van der Waals surface area contributed by atoms with Crippen molar-refractivity contribution in [2.75, 3.05) is 26.2 Å². The summed E-state index contributed by atoms with van der Waals surface area (Å²) in [7, 11) is 0. The van der Waals surface area contributed by atoms with Crippen LogP contribution in [-0.2, 0) is 4.79 Å². The van der Waals surface area contributed by atoms with E-state index in [1.165, 1.54) is 18.6 Å². The van der Waals surface area contributed by atoms with E-state index >= 15 is 0 Å². The van der Waals surface area contributed by atoms with E-state index in [9.17, 15) is 14.3 Å². The van der Waals surface area contributed by atoms with Crippen molar-refractivity contribution >= 4 is 17.5 Å². The maximum absolute atomic E-state index is 13.4. The lowest BCUT2D eigenvalue weighted by Gasteiger charge is -2.27. The van der Waals surface area contributed by atoms with Gasteiger partial charge >= 0.3 is 0 Å². The van der Waals surface area contributed by atoms with Gasteiger partial charge in [0.1, 0.15) is 5.82 Å². The third kappa shape index (κ3) is 4.40. The molecule has 1 aromatic rings. The molecule has 1 amide bonds. The number of nitrogens with zero attached hydrogens (tertiary/aromatic N) is 1. The number of rotatable bonds is 5. The van der Waals surface area contributed by atoms with E-state index in [1.807, 2.05) is 4.90 Å². The van der Waals surface area contributed by atoms with Crippen LogP contribution in [0.1, 0.15) is 30.9 Å². The average Bonchev–Trinajstić information content (AvgIpc) is 2.52. The van der Waals surface area contributed by atoms with Gasteiger partial charge in [0.15, 0.2) is 0 Å². The number of nitrogens with one attached hydrogen (secondary N) is 1. The Balaban J connectivity index is 1.92. The standard InChI is InChI=1S/C15H20ClFN2O2/c16-12-5-4-11(8-13(12)17)14(10-20)18-9-15(21)19-6-2-1-3-7-19/h4-5,8,14,18,20H,1-3,6-7,9-10H2. The lowest BCUT2D eigenvalue weighted by atomic mass is 10.1. The van der Waals surface area contributed by atoms with Gasteiger partial charge < -0.3 is 10.0 Å². The van der Waals surface area contributed by atoms with Gasteiger partial charge in [-0.1, -0.05) is 17.7 Å². The molecule has 1 heterocycles. The van der Waals surface area contributed by atoms with Crippen molar-refractivity contribution in [3.63, 3.8) is 0 Å². The molecule has 1 atom stereocenters. The van der Waals surface area contributed by atoms with Crippen molar-refractivity contribution < 1.29 is 14.3 Å². The van der Waals surface area contributed by atoms with Crippen molar-refractivity contribution in [3.05, 3.63) is 34.6 Å². The Morgan fingerprint density at radius 2 is 2.10 bits per heavy atom. The number of carbonyl (C=O) groups is 1. The highest BCUT2D eigenvalue weighted by Gasteiger charge is 2.18. The van der Waals surface area contributed by atoms with Gasteiger partial charge in [0.2, 0.25) is 5.91 Å². The molecule has 0 bridgehead atoms. The fourth-order valence-corrected chi connectivity index (χ4v) is 2.60. The number of likely N-dealkylation sites (tertiary alicyclic amines) is 1. The minimum absolute atomic E-state index is 0.0163. The van der Waals surface area contributed by atoms with Gasteiger partial charge in [-0.2, -0.15) is 0 Å². The monoisotopic (exact) mass is 314 g/mol. The third-order valence-corrected chi connectivity index (χ3v) is 4.04. The average molecular weight is 315 g/mol.